The third kappa shape index (κ3) is 3.02. The highest BCUT2D eigenvalue weighted by Gasteiger charge is 2.09. The molecule has 2 nitrogen and oxygen atoms in total. The van der Waals surface area contributed by atoms with Crippen LogP contribution in [0.1, 0.15) is 35.1 Å². The van der Waals surface area contributed by atoms with Gasteiger partial charge in [-0.3, -0.25) is 0 Å². The molecular formula is C18H22N2. The number of benzene rings is 2. The fraction of sp³-hybridized carbons (Fsp3) is 0.333. The van der Waals surface area contributed by atoms with Gasteiger partial charge in [-0.1, -0.05) is 30.3 Å². The molecule has 0 amide bonds. The molecular weight excluding hydrogens is 244 g/mol. The van der Waals surface area contributed by atoms with E-state index in [4.69, 9.17) is 5.73 Å². The quantitative estimate of drug-likeness (QED) is 0.886. The van der Waals surface area contributed by atoms with Crippen molar-refractivity contribution < 1.29 is 0 Å². The normalized spacial score (nSPS) is 13.8. The zero-order chi connectivity index (χ0) is 13.8. The van der Waals surface area contributed by atoms with Gasteiger partial charge < -0.3 is 11.1 Å². The largest absolute Gasteiger partial charge is 0.381 e. The highest BCUT2D eigenvalue weighted by atomic mass is 14.9. The number of hydrogen-bond donors (Lipinski definition) is 2. The van der Waals surface area contributed by atoms with Crippen molar-refractivity contribution in [2.24, 2.45) is 5.73 Å². The van der Waals surface area contributed by atoms with Gasteiger partial charge in [-0.05, 0) is 60.1 Å². The van der Waals surface area contributed by atoms with E-state index in [2.05, 4.69) is 47.8 Å². The number of nitrogens with one attached hydrogen (secondary N) is 1. The lowest BCUT2D eigenvalue weighted by atomic mass is 9.91. The fourth-order valence-electron chi connectivity index (χ4n) is 2.84. The van der Waals surface area contributed by atoms with Crippen molar-refractivity contribution >= 4 is 5.69 Å². The maximum atomic E-state index is 5.61. The highest BCUT2D eigenvalue weighted by molar-refractivity contribution is 5.49. The standard InChI is InChI=1S/C18H22N2/c19-12-14-5-7-15(8-6-14)13-20-18-10-9-16-3-1-2-4-17(16)11-18/h5-11,20H,1-4,12-13,19H2. The molecule has 0 spiro atoms. The van der Waals surface area contributed by atoms with E-state index < -0.39 is 0 Å². The zero-order valence-corrected chi connectivity index (χ0v) is 11.9. The van der Waals surface area contributed by atoms with Crippen LogP contribution in [0.25, 0.3) is 0 Å². The van der Waals surface area contributed by atoms with Crippen LogP contribution in [0.15, 0.2) is 42.5 Å². The minimum absolute atomic E-state index is 0.610. The van der Waals surface area contributed by atoms with Crippen LogP contribution in [0, 0.1) is 0 Å². The second kappa shape index (κ2) is 6.10. The Morgan fingerprint density at radius 1 is 0.850 bits per heavy atom. The Labute approximate surface area is 121 Å². The third-order valence-corrected chi connectivity index (χ3v) is 4.10. The van der Waals surface area contributed by atoms with E-state index in [1.807, 2.05) is 0 Å². The molecule has 3 rings (SSSR count). The Balaban J connectivity index is 1.65. The van der Waals surface area contributed by atoms with Gasteiger partial charge in [0.15, 0.2) is 0 Å². The van der Waals surface area contributed by atoms with Crippen LogP contribution in [-0.2, 0) is 25.9 Å². The topological polar surface area (TPSA) is 38.0 Å². The van der Waals surface area contributed by atoms with Gasteiger partial charge in [0.2, 0.25) is 0 Å². The summed E-state index contributed by atoms with van der Waals surface area (Å²) < 4.78 is 0. The van der Waals surface area contributed by atoms with Crippen molar-refractivity contribution in [1.29, 1.82) is 0 Å². The number of anilines is 1. The van der Waals surface area contributed by atoms with Crippen LogP contribution in [0.5, 0.6) is 0 Å². The average Bonchev–Trinajstić information content (AvgIpc) is 2.53. The Morgan fingerprint density at radius 2 is 1.55 bits per heavy atom. The molecule has 1 aliphatic carbocycles. The van der Waals surface area contributed by atoms with E-state index >= 15 is 0 Å². The Kier molecular flexibility index (Phi) is 4.03. The van der Waals surface area contributed by atoms with Gasteiger partial charge in [-0.15, -0.1) is 0 Å². The Hall–Kier alpha value is -1.80. The summed E-state index contributed by atoms with van der Waals surface area (Å²) in [6.07, 6.45) is 5.15. The minimum atomic E-state index is 0.610. The van der Waals surface area contributed by atoms with Crippen molar-refractivity contribution in [2.75, 3.05) is 5.32 Å². The number of fused-ring (bicyclic) bond motifs is 1. The number of nitrogens with two attached hydrogens (primary N) is 1. The maximum Gasteiger partial charge on any atom is 0.0400 e. The lowest BCUT2D eigenvalue weighted by molar-refractivity contribution is 0.686. The lowest BCUT2D eigenvalue weighted by Gasteiger charge is -2.17. The number of hydrogen-bond acceptors (Lipinski definition) is 2. The molecule has 0 saturated heterocycles. The number of aryl methyl sites for hydroxylation is 2. The van der Waals surface area contributed by atoms with Crippen LogP contribution in [-0.4, -0.2) is 0 Å². The van der Waals surface area contributed by atoms with Crippen LogP contribution >= 0.6 is 0 Å². The molecule has 2 heteroatoms. The van der Waals surface area contributed by atoms with Gasteiger partial charge in [0.05, 0.1) is 0 Å². The van der Waals surface area contributed by atoms with Crippen LogP contribution in [0.2, 0.25) is 0 Å². The summed E-state index contributed by atoms with van der Waals surface area (Å²) in [7, 11) is 0. The monoisotopic (exact) mass is 266 g/mol. The third-order valence-electron chi connectivity index (χ3n) is 4.10. The van der Waals surface area contributed by atoms with Gasteiger partial charge in [0, 0.05) is 18.8 Å². The van der Waals surface area contributed by atoms with Crippen molar-refractivity contribution in [1.82, 2.24) is 0 Å². The molecule has 0 aliphatic heterocycles. The molecule has 0 heterocycles. The predicted molar refractivity (Wildman–Crippen MR) is 84.7 cm³/mol. The smallest absolute Gasteiger partial charge is 0.0400 e. The van der Waals surface area contributed by atoms with Crippen molar-refractivity contribution in [3.63, 3.8) is 0 Å². The van der Waals surface area contributed by atoms with Crippen LogP contribution in [0.3, 0.4) is 0 Å². The summed E-state index contributed by atoms with van der Waals surface area (Å²) in [5, 5.41) is 3.52. The summed E-state index contributed by atoms with van der Waals surface area (Å²) in [6.45, 7) is 1.47. The summed E-state index contributed by atoms with van der Waals surface area (Å²) in [5.74, 6) is 0. The Bertz CT molecular complexity index is 572. The molecule has 0 unspecified atom stereocenters. The van der Waals surface area contributed by atoms with Gasteiger partial charge in [-0.2, -0.15) is 0 Å². The first kappa shape index (κ1) is 13.2. The van der Waals surface area contributed by atoms with Gasteiger partial charge in [0.25, 0.3) is 0 Å². The lowest BCUT2D eigenvalue weighted by Crippen LogP contribution is -2.05. The Morgan fingerprint density at radius 3 is 2.30 bits per heavy atom. The molecule has 104 valence electrons. The zero-order valence-electron chi connectivity index (χ0n) is 11.9. The second-order valence-corrected chi connectivity index (χ2v) is 5.56. The maximum absolute atomic E-state index is 5.61. The molecule has 1 aliphatic rings. The first-order valence-corrected chi connectivity index (χ1v) is 7.49. The SMILES string of the molecule is NCc1ccc(CNc2ccc3c(c2)CCCC3)cc1. The molecule has 2 aromatic carbocycles. The van der Waals surface area contributed by atoms with E-state index in [0.29, 0.717) is 6.54 Å². The summed E-state index contributed by atoms with van der Waals surface area (Å²) in [6, 6.07) is 15.3. The van der Waals surface area contributed by atoms with E-state index in [1.165, 1.54) is 53.6 Å². The average molecular weight is 266 g/mol. The van der Waals surface area contributed by atoms with Gasteiger partial charge in [-0.25, -0.2) is 0 Å². The van der Waals surface area contributed by atoms with Gasteiger partial charge in [0.1, 0.15) is 0 Å². The molecule has 0 saturated carbocycles. The summed E-state index contributed by atoms with van der Waals surface area (Å²) in [4.78, 5) is 0. The van der Waals surface area contributed by atoms with Crippen molar-refractivity contribution in [3.8, 4) is 0 Å². The molecule has 0 radical (unpaired) electrons. The first-order valence-electron chi connectivity index (χ1n) is 7.49. The van der Waals surface area contributed by atoms with Crippen LogP contribution < -0.4 is 11.1 Å². The highest BCUT2D eigenvalue weighted by Crippen LogP contribution is 2.24. The van der Waals surface area contributed by atoms with Crippen molar-refractivity contribution in [2.45, 2.75) is 38.8 Å². The van der Waals surface area contributed by atoms with E-state index in [1.54, 1.807) is 0 Å². The molecule has 20 heavy (non-hydrogen) atoms. The van der Waals surface area contributed by atoms with Crippen LogP contribution in [0.4, 0.5) is 5.69 Å². The van der Waals surface area contributed by atoms with Crippen molar-refractivity contribution in [3.05, 3.63) is 64.7 Å². The summed E-state index contributed by atoms with van der Waals surface area (Å²) >= 11 is 0. The number of rotatable bonds is 4. The summed E-state index contributed by atoms with van der Waals surface area (Å²) in [5.41, 5.74) is 12.4. The fourth-order valence-corrected chi connectivity index (χ4v) is 2.84. The molecule has 0 fully saturated rings. The molecule has 0 atom stereocenters. The predicted octanol–water partition coefficient (Wildman–Crippen LogP) is 3.64. The minimum Gasteiger partial charge on any atom is -0.381 e. The van der Waals surface area contributed by atoms with E-state index in [0.717, 1.165) is 6.54 Å². The first-order chi connectivity index (χ1) is 9.85. The molecule has 2 aromatic rings. The van der Waals surface area contributed by atoms with Gasteiger partial charge >= 0.3 is 0 Å². The van der Waals surface area contributed by atoms with E-state index in [9.17, 15) is 0 Å². The molecule has 3 N–H and O–H groups in total. The molecule has 0 aromatic heterocycles. The molecule has 0 bridgehead atoms. The van der Waals surface area contributed by atoms with E-state index in [-0.39, 0.29) is 0 Å². The second-order valence-electron chi connectivity index (χ2n) is 5.56.